The maximum atomic E-state index is 12.3. The number of aryl methyl sites for hydroxylation is 3. The summed E-state index contributed by atoms with van der Waals surface area (Å²) in [6.07, 6.45) is 0. The second-order valence-electron chi connectivity index (χ2n) is 5.69. The Morgan fingerprint density at radius 3 is 2.48 bits per heavy atom. The number of rotatable bonds is 5. The van der Waals surface area contributed by atoms with Gasteiger partial charge in [-0.25, -0.2) is 0 Å². The summed E-state index contributed by atoms with van der Waals surface area (Å²) in [6, 6.07) is 14.2. The number of hydrogen-bond acceptors (Lipinski definition) is 2. The van der Waals surface area contributed by atoms with Crippen molar-refractivity contribution in [2.75, 3.05) is 5.75 Å². The van der Waals surface area contributed by atoms with Crippen molar-refractivity contribution in [1.82, 2.24) is 0 Å². The second kappa shape index (κ2) is 7.01. The highest BCUT2D eigenvalue weighted by Gasteiger charge is 2.12. The minimum Gasteiger partial charge on any atom is -0.323 e. The van der Waals surface area contributed by atoms with E-state index in [0.717, 1.165) is 11.1 Å². The van der Waals surface area contributed by atoms with Crippen LogP contribution in [0.15, 0.2) is 42.5 Å². The minimum atomic E-state index is -0.947. The van der Waals surface area contributed by atoms with Crippen LogP contribution in [-0.4, -0.2) is 9.96 Å². The van der Waals surface area contributed by atoms with Crippen LogP contribution in [0.1, 0.15) is 33.9 Å². The highest BCUT2D eigenvalue weighted by molar-refractivity contribution is 7.84. The molecule has 0 amide bonds. The molecule has 2 nitrogen and oxygen atoms in total. The third-order valence-corrected chi connectivity index (χ3v) is 5.12. The fraction of sp³-hybridized carbons (Fsp3) is 0.333. The zero-order valence-electron chi connectivity index (χ0n) is 12.9. The summed E-state index contributed by atoms with van der Waals surface area (Å²) >= 11 is 0. The Bertz CT molecular complexity index is 651. The van der Waals surface area contributed by atoms with Gasteiger partial charge in [0.25, 0.3) is 0 Å². The Hall–Kier alpha value is -1.45. The lowest BCUT2D eigenvalue weighted by atomic mass is 10.0. The molecule has 0 fully saturated rings. The highest BCUT2D eigenvalue weighted by Crippen LogP contribution is 2.17. The molecule has 0 heterocycles. The Balaban J connectivity index is 2.00. The summed E-state index contributed by atoms with van der Waals surface area (Å²) in [5.74, 6) is 1.07. The van der Waals surface area contributed by atoms with Crippen LogP contribution in [0.5, 0.6) is 0 Å². The molecule has 21 heavy (non-hydrogen) atoms. The average molecular weight is 301 g/mol. The molecule has 2 aromatic carbocycles. The van der Waals surface area contributed by atoms with Crippen molar-refractivity contribution in [1.29, 1.82) is 0 Å². The van der Waals surface area contributed by atoms with Crippen LogP contribution in [0, 0.1) is 20.8 Å². The van der Waals surface area contributed by atoms with Gasteiger partial charge in [-0.2, -0.15) is 0 Å². The molecule has 2 N–H and O–H groups in total. The van der Waals surface area contributed by atoms with E-state index in [1.165, 1.54) is 16.7 Å². The lowest BCUT2D eigenvalue weighted by Crippen LogP contribution is -2.19. The SMILES string of the molecule is Cc1cccc(CS(=O)CC(N)c2ccc(C)c(C)c2)c1. The Morgan fingerprint density at radius 1 is 1.05 bits per heavy atom. The van der Waals surface area contributed by atoms with Crippen molar-refractivity contribution < 1.29 is 4.21 Å². The van der Waals surface area contributed by atoms with Gasteiger partial charge in [-0.1, -0.05) is 48.0 Å². The summed E-state index contributed by atoms with van der Waals surface area (Å²) in [6.45, 7) is 6.21. The number of hydrogen-bond donors (Lipinski definition) is 1. The molecule has 0 aliphatic heterocycles. The van der Waals surface area contributed by atoms with Gasteiger partial charge in [0.05, 0.1) is 0 Å². The van der Waals surface area contributed by atoms with Gasteiger partial charge < -0.3 is 5.73 Å². The van der Waals surface area contributed by atoms with Crippen LogP contribution in [0.2, 0.25) is 0 Å². The molecule has 0 radical (unpaired) electrons. The first-order valence-corrected chi connectivity index (χ1v) is 8.68. The number of nitrogens with two attached hydrogens (primary N) is 1. The maximum Gasteiger partial charge on any atom is 0.0486 e. The predicted octanol–water partition coefficient (Wildman–Crippen LogP) is 3.56. The summed E-state index contributed by atoms with van der Waals surface area (Å²) in [5, 5.41) is 0. The molecule has 2 unspecified atom stereocenters. The molecule has 2 aromatic rings. The van der Waals surface area contributed by atoms with Crippen LogP contribution in [-0.2, 0) is 16.6 Å². The standard InChI is InChI=1S/C18H23NOS/c1-13-5-4-6-16(9-13)11-21(20)12-18(19)17-8-7-14(2)15(3)10-17/h4-10,18H,11-12,19H2,1-3H3. The van der Waals surface area contributed by atoms with E-state index < -0.39 is 10.8 Å². The molecule has 0 spiro atoms. The fourth-order valence-electron chi connectivity index (χ4n) is 2.34. The van der Waals surface area contributed by atoms with Crippen LogP contribution in [0.3, 0.4) is 0 Å². The van der Waals surface area contributed by atoms with Gasteiger partial charge in [0.15, 0.2) is 0 Å². The monoisotopic (exact) mass is 301 g/mol. The van der Waals surface area contributed by atoms with Gasteiger partial charge in [-0.3, -0.25) is 4.21 Å². The fourth-order valence-corrected chi connectivity index (χ4v) is 3.60. The summed E-state index contributed by atoms with van der Waals surface area (Å²) in [7, 11) is -0.947. The molecule has 0 aromatic heterocycles. The molecule has 2 rings (SSSR count). The first kappa shape index (κ1) is 15.9. The molecular formula is C18H23NOS. The van der Waals surface area contributed by atoms with Crippen molar-refractivity contribution in [2.24, 2.45) is 5.73 Å². The van der Waals surface area contributed by atoms with Crippen LogP contribution in [0.4, 0.5) is 0 Å². The van der Waals surface area contributed by atoms with Crippen LogP contribution in [0.25, 0.3) is 0 Å². The van der Waals surface area contributed by atoms with E-state index in [1.54, 1.807) is 0 Å². The molecule has 0 bridgehead atoms. The lowest BCUT2D eigenvalue weighted by molar-refractivity contribution is 0.674. The Labute approximate surface area is 129 Å². The molecule has 2 atom stereocenters. The van der Waals surface area contributed by atoms with E-state index in [1.807, 2.05) is 31.2 Å². The molecule has 0 saturated carbocycles. The molecule has 0 aliphatic carbocycles. The first-order valence-electron chi connectivity index (χ1n) is 7.19. The Kier molecular flexibility index (Phi) is 5.32. The quantitative estimate of drug-likeness (QED) is 0.917. The predicted molar refractivity (Wildman–Crippen MR) is 90.7 cm³/mol. The van der Waals surface area contributed by atoms with Crippen molar-refractivity contribution >= 4 is 10.8 Å². The molecular weight excluding hydrogens is 278 g/mol. The zero-order chi connectivity index (χ0) is 15.4. The van der Waals surface area contributed by atoms with Crippen LogP contribution >= 0.6 is 0 Å². The zero-order valence-corrected chi connectivity index (χ0v) is 13.7. The van der Waals surface area contributed by atoms with E-state index in [2.05, 4.69) is 32.0 Å². The summed E-state index contributed by atoms with van der Waals surface area (Å²) in [5.41, 5.74) is 12.1. The van der Waals surface area contributed by atoms with Gasteiger partial charge in [0.1, 0.15) is 0 Å². The largest absolute Gasteiger partial charge is 0.323 e. The smallest absolute Gasteiger partial charge is 0.0486 e. The molecule has 112 valence electrons. The summed E-state index contributed by atoms with van der Waals surface area (Å²) < 4.78 is 12.3. The van der Waals surface area contributed by atoms with Gasteiger partial charge in [0, 0.05) is 28.3 Å². The maximum absolute atomic E-state index is 12.3. The van der Waals surface area contributed by atoms with Gasteiger partial charge >= 0.3 is 0 Å². The van der Waals surface area contributed by atoms with Crippen molar-refractivity contribution in [3.05, 3.63) is 70.3 Å². The number of benzene rings is 2. The van der Waals surface area contributed by atoms with E-state index >= 15 is 0 Å². The van der Waals surface area contributed by atoms with E-state index in [0.29, 0.717) is 11.5 Å². The third kappa shape index (κ3) is 4.51. The third-order valence-electron chi connectivity index (χ3n) is 3.73. The highest BCUT2D eigenvalue weighted by atomic mass is 32.2. The van der Waals surface area contributed by atoms with Gasteiger partial charge in [-0.15, -0.1) is 0 Å². The minimum absolute atomic E-state index is 0.171. The van der Waals surface area contributed by atoms with E-state index in [4.69, 9.17) is 5.73 Å². The first-order chi connectivity index (χ1) is 9.95. The van der Waals surface area contributed by atoms with E-state index in [-0.39, 0.29) is 6.04 Å². The summed E-state index contributed by atoms with van der Waals surface area (Å²) in [4.78, 5) is 0. The van der Waals surface area contributed by atoms with Crippen LogP contribution < -0.4 is 5.73 Å². The Morgan fingerprint density at radius 2 is 1.81 bits per heavy atom. The lowest BCUT2D eigenvalue weighted by Gasteiger charge is -2.13. The molecule has 0 aliphatic rings. The van der Waals surface area contributed by atoms with Gasteiger partial charge in [0.2, 0.25) is 0 Å². The second-order valence-corrected chi connectivity index (χ2v) is 7.19. The molecule has 0 saturated heterocycles. The van der Waals surface area contributed by atoms with Crippen molar-refractivity contribution in [3.63, 3.8) is 0 Å². The van der Waals surface area contributed by atoms with Gasteiger partial charge in [-0.05, 0) is 43.0 Å². The van der Waals surface area contributed by atoms with Crippen molar-refractivity contribution in [3.8, 4) is 0 Å². The molecule has 3 heteroatoms. The average Bonchev–Trinajstić information content (AvgIpc) is 2.41. The topological polar surface area (TPSA) is 43.1 Å². The van der Waals surface area contributed by atoms with E-state index in [9.17, 15) is 4.21 Å². The van der Waals surface area contributed by atoms with Crippen molar-refractivity contribution in [2.45, 2.75) is 32.6 Å². The normalized spacial score (nSPS) is 13.9.